The lowest BCUT2D eigenvalue weighted by molar-refractivity contribution is -0.137. The molecule has 1 aromatic carbocycles. The molecule has 150 valence electrons. The quantitative estimate of drug-likeness (QED) is 0.826. The average Bonchev–Trinajstić information content (AvgIpc) is 2.69. The first-order chi connectivity index (χ1) is 13.0. The number of benzene rings is 1. The third-order valence-corrected chi connectivity index (χ3v) is 5.57. The average molecular weight is 377 g/mol. The molecule has 2 fully saturated rings. The van der Waals surface area contributed by atoms with Crippen LogP contribution in [0.1, 0.15) is 33.1 Å². The number of ether oxygens (including phenoxy) is 4. The fourth-order valence-electron chi connectivity index (χ4n) is 3.91. The van der Waals surface area contributed by atoms with Crippen LogP contribution in [-0.2, 0) is 14.3 Å². The maximum Gasteiger partial charge on any atom is 0.263 e. The number of para-hydroxylation sites is 2. The Balaban J connectivity index is 1.66. The first kappa shape index (κ1) is 20.0. The largest absolute Gasteiger partial charge is 0.493 e. The van der Waals surface area contributed by atoms with Crippen LogP contribution in [-0.4, -0.2) is 51.1 Å². The van der Waals surface area contributed by atoms with Gasteiger partial charge in [-0.05, 0) is 51.2 Å². The van der Waals surface area contributed by atoms with Crippen molar-refractivity contribution in [2.45, 2.75) is 44.8 Å². The van der Waals surface area contributed by atoms with Crippen LogP contribution in [0.2, 0.25) is 0 Å². The second-order valence-electron chi connectivity index (χ2n) is 7.82. The molecule has 0 bridgehead atoms. The minimum Gasteiger partial charge on any atom is -0.493 e. The van der Waals surface area contributed by atoms with E-state index >= 15 is 0 Å². The Morgan fingerprint density at radius 3 is 2.44 bits per heavy atom. The van der Waals surface area contributed by atoms with Gasteiger partial charge >= 0.3 is 0 Å². The fourth-order valence-corrected chi connectivity index (χ4v) is 3.91. The number of carbonyl (C=O) groups excluding carboxylic acids is 1. The van der Waals surface area contributed by atoms with Crippen molar-refractivity contribution >= 4 is 5.91 Å². The molecule has 2 atom stereocenters. The SMILES string of the molecule is COc1ccccc1OC(C)(C)C(=O)N[C@@H]1CCOC[C@@H]1C1CCOCC1. The van der Waals surface area contributed by atoms with E-state index in [2.05, 4.69) is 5.32 Å². The Morgan fingerprint density at radius 2 is 1.74 bits per heavy atom. The molecule has 6 nitrogen and oxygen atoms in total. The zero-order chi connectivity index (χ0) is 19.3. The van der Waals surface area contributed by atoms with Gasteiger partial charge in [-0.1, -0.05) is 12.1 Å². The molecular formula is C21H31NO5. The molecule has 1 amide bonds. The maximum absolute atomic E-state index is 13.0. The molecule has 3 rings (SSSR count). The zero-order valence-corrected chi connectivity index (χ0v) is 16.5. The van der Waals surface area contributed by atoms with Crippen molar-refractivity contribution in [2.75, 3.05) is 33.5 Å². The molecule has 2 saturated heterocycles. The summed E-state index contributed by atoms with van der Waals surface area (Å²) in [5.41, 5.74) is -1.01. The molecule has 27 heavy (non-hydrogen) atoms. The Labute approximate surface area is 161 Å². The summed E-state index contributed by atoms with van der Waals surface area (Å²) in [6.07, 6.45) is 2.89. The number of amides is 1. The Kier molecular flexibility index (Phi) is 6.60. The second-order valence-corrected chi connectivity index (χ2v) is 7.82. The van der Waals surface area contributed by atoms with E-state index in [9.17, 15) is 4.79 Å². The Bertz CT molecular complexity index is 627. The summed E-state index contributed by atoms with van der Waals surface area (Å²) in [5, 5.41) is 3.24. The van der Waals surface area contributed by atoms with Gasteiger partial charge in [-0.15, -0.1) is 0 Å². The smallest absolute Gasteiger partial charge is 0.263 e. The van der Waals surface area contributed by atoms with E-state index < -0.39 is 5.60 Å². The molecule has 6 heteroatoms. The molecule has 0 aliphatic carbocycles. The van der Waals surface area contributed by atoms with Crippen molar-refractivity contribution in [1.82, 2.24) is 5.32 Å². The molecule has 0 saturated carbocycles. The minimum absolute atomic E-state index is 0.106. The molecule has 0 spiro atoms. The first-order valence-corrected chi connectivity index (χ1v) is 9.80. The van der Waals surface area contributed by atoms with Crippen molar-refractivity contribution in [3.63, 3.8) is 0 Å². The van der Waals surface area contributed by atoms with E-state index in [1.807, 2.05) is 24.3 Å². The third kappa shape index (κ3) is 4.93. The van der Waals surface area contributed by atoms with E-state index in [-0.39, 0.29) is 11.9 Å². The standard InChI is InChI=1S/C21H31NO5/c1-21(2,27-19-7-5-4-6-18(19)24-3)20(23)22-17-10-13-26-14-16(17)15-8-11-25-12-9-15/h4-7,15-17H,8-14H2,1-3H3,(H,22,23)/t16-,17-/m1/s1. The third-order valence-electron chi connectivity index (χ3n) is 5.57. The molecular weight excluding hydrogens is 346 g/mol. The van der Waals surface area contributed by atoms with Crippen molar-refractivity contribution in [2.24, 2.45) is 11.8 Å². The molecule has 0 unspecified atom stereocenters. The van der Waals surface area contributed by atoms with Gasteiger partial charge in [0.15, 0.2) is 17.1 Å². The number of hydrogen-bond donors (Lipinski definition) is 1. The molecule has 1 N–H and O–H groups in total. The number of rotatable bonds is 6. The summed E-state index contributed by atoms with van der Waals surface area (Å²) in [6, 6.07) is 7.48. The lowest BCUT2D eigenvalue weighted by Crippen LogP contribution is -2.55. The number of carbonyl (C=O) groups is 1. The van der Waals surface area contributed by atoms with Crippen LogP contribution in [0.3, 0.4) is 0 Å². The van der Waals surface area contributed by atoms with Gasteiger partial charge in [0.1, 0.15) is 0 Å². The van der Waals surface area contributed by atoms with Crippen LogP contribution < -0.4 is 14.8 Å². The van der Waals surface area contributed by atoms with Crippen molar-refractivity contribution in [3.8, 4) is 11.5 Å². The summed E-state index contributed by atoms with van der Waals surface area (Å²) >= 11 is 0. The normalized spacial score (nSPS) is 24.3. The molecule has 0 radical (unpaired) electrons. The van der Waals surface area contributed by atoms with Crippen LogP contribution in [0.25, 0.3) is 0 Å². The van der Waals surface area contributed by atoms with Crippen LogP contribution in [0.15, 0.2) is 24.3 Å². The van der Waals surface area contributed by atoms with Gasteiger partial charge in [-0.25, -0.2) is 0 Å². The molecule has 1 aromatic rings. The topological polar surface area (TPSA) is 66.0 Å². The highest BCUT2D eigenvalue weighted by Crippen LogP contribution is 2.32. The van der Waals surface area contributed by atoms with Gasteiger partial charge < -0.3 is 24.3 Å². The first-order valence-electron chi connectivity index (χ1n) is 9.80. The number of methoxy groups -OCH3 is 1. The van der Waals surface area contributed by atoms with Crippen LogP contribution >= 0.6 is 0 Å². The van der Waals surface area contributed by atoms with Crippen LogP contribution in [0.5, 0.6) is 11.5 Å². The van der Waals surface area contributed by atoms with E-state index in [0.29, 0.717) is 36.5 Å². The lowest BCUT2D eigenvalue weighted by Gasteiger charge is -2.40. The van der Waals surface area contributed by atoms with Crippen LogP contribution in [0.4, 0.5) is 0 Å². The van der Waals surface area contributed by atoms with E-state index in [4.69, 9.17) is 18.9 Å². The van der Waals surface area contributed by atoms with E-state index in [1.54, 1.807) is 21.0 Å². The predicted molar refractivity (Wildman–Crippen MR) is 102 cm³/mol. The van der Waals surface area contributed by atoms with Crippen LogP contribution in [0, 0.1) is 11.8 Å². The summed E-state index contributed by atoms with van der Waals surface area (Å²) in [5.74, 6) is 1.92. The maximum atomic E-state index is 13.0. The van der Waals surface area contributed by atoms with E-state index in [0.717, 1.165) is 32.5 Å². The van der Waals surface area contributed by atoms with Gasteiger partial charge in [-0.3, -0.25) is 4.79 Å². The summed E-state index contributed by atoms with van der Waals surface area (Å²) in [6.45, 7) is 6.55. The Hall–Kier alpha value is -1.79. The molecule has 2 heterocycles. The minimum atomic E-state index is -1.01. The second kappa shape index (κ2) is 8.93. The van der Waals surface area contributed by atoms with Gasteiger partial charge in [-0.2, -0.15) is 0 Å². The monoisotopic (exact) mass is 377 g/mol. The number of hydrogen-bond acceptors (Lipinski definition) is 5. The summed E-state index contributed by atoms with van der Waals surface area (Å²) in [7, 11) is 1.59. The van der Waals surface area contributed by atoms with Crippen molar-refractivity contribution in [3.05, 3.63) is 24.3 Å². The highest BCUT2D eigenvalue weighted by atomic mass is 16.5. The lowest BCUT2D eigenvalue weighted by atomic mass is 9.79. The van der Waals surface area contributed by atoms with Gasteiger partial charge in [0.05, 0.1) is 13.7 Å². The summed E-state index contributed by atoms with van der Waals surface area (Å²) in [4.78, 5) is 13.0. The van der Waals surface area contributed by atoms with Crippen molar-refractivity contribution in [1.29, 1.82) is 0 Å². The summed E-state index contributed by atoms with van der Waals surface area (Å²) < 4.78 is 22.6. The molecule has 2 aliphatic heterocycles. The van der Waals surface area contributed by atoms with Crippen molar-refractivity contribution < 1.29 is 23.7 Å². The van der Waals surface area contributed by atoms with Gasteiger partial charge in [0.25, 0.3) is 5.91 Å². The fraction of sp³-hybridized carbons (Fsp3) is 0.667. The highest BCUT2D eigenvalue weighted by Gasteiger charge is 2.38. The predicted octanol–water partition coefficient (Wildman–Crippen LogP) is 2.80. The highest BCUT2D eigenvalue weighted by molar-refractivity contribution is 5.85. The molecule has 0 aromatic heterocycles. The molecule has 2 aliphatic rings. The van der Waals surface area contributed by atoms with Gasteiger partial charge in [0, 0.05) is 31.8 Å². The Morgan fingerprint density at radius 1 is 1.07 bits per heavy atom. The van der Waals surface area contributed by atoms with Gasteiger partial charge in [0.2, 0.25) is 0 Å². The zero-order valence-electron chi connectivity index (χ0n) is 16.5. The van der Waals surface area contributed by atoms with E-state index in [1.165, 1.54) is 0 Å². The number of nitrogens with one attached hydrogen (secondary N) is 1.